The lowest BCUT2D eigenvalue weighted by atomic mass is 10.3. The number of hydrogen-bond acceptors (Lipinski definition) is 4. The standard InChI is InChI=1S/C20H21Cl2N3O3/c1-27-10-4-9-23-20(26)12-25-17-6-3-2-5-16(17)24-19(25)13-28-18-8-7-14(21)11-15(18)22/h2-3,5-8,11H,4,9-10,12-13H2,1H3,(H,23,26). The number of rotatable bonds is 9. The average molecular weight is 422 g/mol. The van der Waals surface area contributed by atoms with Crippen molar-refractivity contribution < 1.29 is 14.3 Å². The van der Waals surface area contributed by atoms with Crippen LogP contribution in [0.2, 0.25) is 10.0 Å². The largest absolute Gasteiger partial charge is 0.484 e. The second-order valence-electron chi connectivity index (χ2n) is 6.16. The molecule has 6 nitrogen and oxygen atoms in total. The minimum Gasteiger partial charge on any atom is -0.484 e. The van der Waals surface area contributed by atoms with Crippen LogP contribution in [0.25, 0.3) is 11.0 Å². The van der Waals surface area contributed by atoms with Gasteiger partial charge in [-0.05, 0) is 36.8 Å². The van der Waals surface area contributed by atoms with Crippen molar-refractivity contribution in [2.45, 2.75) is 19.6 Å². The SMILES string of the molecule is COCCCNC(=O)Cn1c(COc2ccc(Cl)cc2Cl)nc2ccccc21. The third kappa shape index (κ3) is 5.16. The Hall–Kier alpha value is -2.28. The number of nitrogens with one attached hydrogen (secondary N) is 1. The van der Waals surface area contributed by atoms with Crippen molar-refractivity contribution in [2.75, 3.05) is 20.3 Å². The van der Waals surface area contributed by atoms with Crippen LogP contribution in [0.15, 0.2) is 42.5 Å². The van der Waals surface area contributed by atoms with E-state index in [1.165, 1.54) is 0 Å². The maximum Gasteiger partial charge on any atom is 0.240 e. The van der Waals surface area contributed by atoms with Crippen LogP contribution in [0.5, 0.6) is 5.75 Å². The first-order valence-electron chi connectivity index (χ1n) is 8.86. The normalized spacial score (nSPS) is 11.0. The topological polar surface area (TPSA) is 65.4 Å². The van der Waals surface area contributed by atoms with E-state index in [2.05, 4.69) is 10.3 Å². The summed E-state index contributed by atoms with van der Waals surface area (Å²) in [6.45, 7) is 1.49. The van der Waals surface area contributed by atoms with E-state index in [1.807, 2.05) is 28.8 Å². The highest BCUT2D eigenvalue weighted by Crippen LogP contribution is 2.28. The molecule has 0 fully saturated rings. The first-order chi connectivity index (χ1) is 13.6. The highest BCUT2D eigenvalue weighted by Gasteiger charge is 2.14. The van der Waals surface area contributed by atoms with Crippen LogP contribution in [0.4, 0.5) is 0 Å². The summed E-state index contributed by atoms with van der Waals surface area (Å²) in [5.74, 6) is 1.05. The Kier molecular flexibility index (Phi) is 7.14. The fourth-order valence-electron chi connectivity index (χ4n) is 2.79. The van der Waals surface area contributed by atoms with E-state index in [4.69, 9.17) is 32.7 Å². The molecular weight excluding hydrogens is 401 g/mol. The molecule has 0 radical (unpaired) electrons. The van der Waals surface area contributed by atoms with Crippen molar-refractivity contribution in [2.24, 2.45) is 0 Å². The van der Waals surface area contributed by atoms with Gasteiger partial charge in [-0.1, -0.05) is 35.3 Å². The Labute approximate surface area is 173 Å². The minimum absolute atomic E-state index is 0.0926. The van der Waals surface area contributed by atoms with Gasteiger partial charge in [0.05, 0.1) is 16.1 Å². The smallest absolute Gasteiger partial charge is 0.240 e. The summed E-state index contributed by atoms with van der Waals surface area (Å²) in [6.07, 6.45) is 0.762. The molecule has 1 heterocycles. The van der Waals surface area contributed by atoms with Gasteiger partial charge in [-0.3, -0.25) is 4.79 Å². The quantitative estimate of drug-likeness (QED) is 0.528. The van der Waals surface area contributed by atoms with Crippen LogP contribution in [0.3, 0.4) is 0 Å². The average Bonchev–Trinajstić information content (AvgIpc) is 3.02. The van der Waals surface area contributed by atoms with E-state index in [0.717, 1.165) is 17.5 Å². The molecule has 0 saturated heterocycles. The molecule has 28 heavy (non-hydrogen) atoms. The van der Waals surface area contributed by atoms with Gasteiger partial charge in [0, 0.05) is 25.3 Å². The van der Waals surface area contributed by atoms with Gasteiger partial charge >= 0.3 is 0 Å². The molecule has 1 N–H and O–H groups in total. The Morgan fingerprint density at radius 2 is 2.04 bits per heavy atom. The molecule has 148 valence electrons. The van der Waals surface area contributed by atoms with Crippen LogP contribution in [-0.4, -0.2) is 35.7 Å². The predicted octanol–water partition coefficient (Wildman–Crippen LogP) is 4.07. The number of hydrogen-bond donors (Lipinski definition) is 1. The Balaban J connectivity index is 1.75. The molecule has 0 aliphatic heterocycles. The molecule has 3 rings (SSSR count). The van der Waals surface area contributed by atoms with Crippen molar-refractivity contribution in [3.63, 3.8) is 0 Å². The van der Waals surface area contributed by atoms with Crippen LogP contribution in [0, 0.1) is 0 Å². The maximum atomic E-state index is 12.4. The molecule has 1 amide bonds. The number of imidazole rings is 1. The molecule has 0 bridgehead atoms. The molecule has 2 aromatic carbocycles. The number of para-hydroxylation sites is 2. The second kappa shape index (κ2) is 9.78. The fraction of sp³-hybridized carbons (Fsp3) is 0.300. The van der Waals surface area contributed by atoms with Gasteiger partial charge in [0.25, 0.3) is 0 Å². The Bertz CT molecular complexity index is 959. The molecule has 0 saturated carbocycles. The van der Waals surface area contributed by atoms with Crippen LogP contribution in [0.1, 0.15) is 12.2 Å². The van der Waals surface area contributed by atoms with Gasteiger partial charge in [0.1, 0.15) is 24.7 Å². The van der Waals surface area contributed by atoms with Gasteiger partial charge in [-0.2, -0.15) is 0 Å². The zero-order valence-corrected chi connectivity index (χ0v) is 17.0. The predicted molar refractivity (Wildman–Crippen MR) is 110 cm³/mol. The van der Waals surface area contributed by atoms with Crippen molar-refractivity contribution >= 4 is 40.1 Å². The second-order valence-corrected chi connectivity index (χ2v) is 7.01. The first kappa shape index (κ1) is 20.5. The van der Waals surface area contributed by atoms with Gasteiger partial charge in [-0.15, -0.1) is 0 Å². The lowest BCUT2D eigenvalue weighted by Crippen LogP contribution is -2.29. The third-order valence-corrected chi connectivity index (χ3v) is 4.66. The van der Waals surface area contributed by atoms with Crippen molar-refractivity contribution in [1.29, 1.82) is 0 Å². The zero-order chi connectivity index (χ0) is 19.9. The molecule has 0 aliphatic carbocycles. The van der Waals surface area contributed by atoms with E-state index in [9.17, 15) is 4.79 Å². The molecule has 0 aliphatic rings. The number of halogens is 2. The number of carbonyl (C=O) groups is 1. The van der Waals surface area contributed by atoms with E-state index >= 15 is 0 Å². The Morgan fingerprint density at radius 1 is 1.21 bits per heavy atom. The third-order valence-electron chi connectivity index (χ3n) is 4.13. The van der Waals surface area contributed by atoms with E-state index in [1.54, 1.807) is 25.3 Å². The van der Waals surface area contributed by atoms with Crippen molar-refractivity contribution in [1.82, 2.24) is 14.9 Å². The summed E-state index contributed by atoms with van der Waals surface area (Å²) in [7, 11) is 1.64. The highest BCUT2D eigenvalue weighted by molar-refractivity contribution is 6.35. The summed E-state index contributed by atoms with van der Waals surface area (Å²) in [5, 5.41) is 3.85. The minimum atomic E-state index is -0.0926. The monoisotopic (exact) mass is 421 g/mol. The van der Waals surface area contributed by atoms with Gasteiger partial charge in [0.2, 0.25) is 5.91 Å². The fourth-order valence-corrected chi connectivity index (χ4v) is 3.25. The summed E-state index contributed by atoms with van der Waals surface area (Å²) >= 11 is 12.1. The first-order valence-corrected chi connectivity index (χ1v) is 9.61. The maximum absolute atomic E-state index is 12.4. The van der Waals surface area contributed by atoms with E-state index in [-0.39, 0.29) is 19.1 Å². The summed E-state index contributed by atoms with van der Waals surface area (Å²) in [4.78, 5) is 17.0. The molecule has 0 spiro atoms. The lowest BCUT2D eigenvalue weighted by Gasteiger charge is -2.12. The molecule has 8 heteroatoms. The zero-order valence-electron chi connectivity index (χ0n) is 15.5. The molecule has 0 unspecified atom stereocenters. The van der Waals surface area contributed by atoms with Crippen LogP contribution < -0.4 is 10.1 Å². The van der Waals surface area contributed by atoms with Gasteiger partial charge in [-0.25, -0.2) is 4.98 Å². The van der Waals surface area contributed by atoms with Crippen LogP contribution >= 0.6 is 23.2 Å². The van der Waals surface area contributed by atoms with Gasteiger partial charge in [0.15, 0.2) is 0 Å². The summed E-state index contributed by atoms with van der Waals surface area (Å²) in [6, 6.07) is 12.7. The number of ether oxygens (including phenoxy) is 2. The number of nitrogens with zero attached hydrogens (tertiary/aromatic N) is 2. The highest BCUT2D eigenvalue weighted by atomic mass is 35.5. The number of fused-ring (bicyclic) bond motifs is 1. The number of carbonyl (C=O) groups excluding carboxylic acids is 1. The van der Waals surface area contributed by atoms with Gasteiger partial charge < -0.3 is 19.4 Å². The number of aromatic nitrogens is 2. The van der Waals surface area contributed by atoms with Crippen molar-refractivity contribution in [3.05, 3.63) is 58.3 Å². The van der Waals surface area contributed by atoms with Crippen LogP contribution in [-0.2, 0) is 22.7 Å². The molecule has 1 aromatic heterocycles. The molecule has 3 aromatic rings. The number of benzene rings is 2. The van der Waals surface area contributed by atoms with E-state index < -0.39 is 0 Å². The van der Waals surface area contributed by atoms with Crippen molar-refractivity contribution in [3.8, 4) is 5.75 Å². The number of methoxy groups -OCH3 is 1. The molecular formula is C20H21Cl2N3O3. The summed E-state index contributed by atoms with van der Waals surface area (Å²) in [5.41, 5.74) is 1.67. The number of amides is 1. The molecule has 0 atom stereocenters. The lowest BCUT2D eigenvalue weighted by molar-refractivity contribution is -0.121. The van der Waals surface area contributed by atoms with E-state index in [0.29, 0.717) is 34.8 Å². The summed E-state index contributed by atoms with van der Waals surface area (Å²) < 4.78 is 12.7. The Morgan fingerprint density at radius 3 is 2.82 bits per heavy atom.